The van der Waals surface area contributed by atoms with E-state index in [0.29, 0.717) is 53.1 Å². The smallest absolute Gasteiger partial charge is 0.410 e. The normalized spacial score (nSPS) is 14.2. The Morgan fingerprint density at radius 1 is 1.03 bits per heavy atom. The van der Waals surface area contributed by atoms with Crippen molar-refractivity contribution >= 4 is 63.2 Å². The number of carboxylic acids is 1. The molecule has 1 saturated heterocycles. The third-order valence-corrected chi connectivity index (χ3v) is 6.02. The highest BCUT2D eigenvalue weighted by Gasteiger charge is 2.27. The number of ether oxygens (including phenoxy) is 1. The van der Waals surface area contributed by atoms with Crippen LogP contribution in [0.15, 0.2) is 42.6 Å². The number of nitrogens with zero attached hydrogens (tertiary/aromatic N) is 3. The van der Waals surface area contributed by atoms with Crippen molar-refractivity contribution in [3.05, 3.63) is 58.2 Å². The number of halogens is 2. The fourth-order valence-corrected chi connectivity index (χ4v) is 4.26. The second-order valence-corrected chi connectivity index (χ2v) is 10.1. The number of aromatic carboxylic acids is 1. The lowest BCUT2D eigenvalue weighted by Crippen LogP contribution is -2.50. The maximum Gasteiger partial charge on any atom is 0.410 e. The molecule has 0 bridgehead atoms. The fraction of sp³-hybridized carbons (Fsp3) is 0.320. The standard InChI is InChI=1S/C25H26Cl2N4O4/c1-25(2,3)35-24(34)31-10-8-30(9-11-31)21-14-28-19-6-4-15(26)12-17(19)22(21)29-20-7-5-16(27)13-18(20)23(32)33/h4-7,12-14H,8-11H2,1-3H3,(H,28,29)(H,32,33). The average Bonchev–Trinajstić information content (AvgIpc) is 2.79. The predicted molar refractivity (Wildman–Crippen MR) is 138 cm³/mol. The van der Waals surface area contributed by atoms with E-state index in [9.17, 15) is 14.7 Å². The number of aromatic nitrogens is 1. The van der Waals surface area contributed by atoms with Crippen LogP contribution in [0.5, 0.6) is 0 Å². The van der Waals surface area contributed by atoms with Crippen LogP contribution < -0.4 is 10.2 Å². The molecule has 1 amide bonds. The molecule has 1 fully saturated rings. The monoisotopic (exact) mass is 516 g/mol. The van der Waals surface area contributed by atoms with Gasteiger partial charge >= 0.3 is 12.1 Å². The minimum atomic E-state index is -1.10. The number of anilines is 3. The third kappa shape index (κ3) is 5.71. The highest BCUT2D eigenvalue weighted by atomic mass is 35.5. The van der Waals surface area contributed by atoms with Crippen LogP contribution in [0.3, 0.4) is 0 Å². The van der Waals surface area contributed by atoms with E-state index < -0.39 is 11.6 Å². The van der Waals surface area contributed by atoms with Crippen LogP contribution in [0, 0.1) is 0 Å². The molecule has 1 aliphatic rings. The topological polar surface area (TPSA) is 95.0 Å². The third-order valence-electron chi connectivity index (χ3n) is 5.55. The summed E-state index contributed by atoms with van der Waals surface area (Å²) in [6.45, 7) is 7.57. The van der Waals surface area contributed by atoms with Gasteiger partial charge in [-0.05, 0) is 57.2 Å². The molecule has 2 heterocycles. The molecule has 0 radical (unpaired) electrons. The number of hydrogen-bond donors (Lipinski definition) is 2. The summed E-state index contributed by atoms with van der Waals surface area (Å²) in [5.74, 6) is -1.10. The van der Waals surface area contributed by atoms with Gasteiger partial charge in [0.2, 0.25) is 0 Å². The van der Waals surface area contributed by atoms with Crippen LogP contribution in [-0.2, 0) is 4.74 Å². The van der Waals surface area contributed by atoms with Crippen LogP contribution in [0.25, 0.3) is 10.9 Å². The van der Waals surface area contributed by atoms with E-state index in [1.165, 1.54) is 6.07 Å². The van der Waals surface area contributed by atoms with E-state index in [1.54, 1.807) is 35.4 Å². The van der Waals surface area contributed by atoms with E-state index in [4.69, 9.17) is 27.9 Å². The molecule has 8 nitrogen and oxygen atoms in total. The number of rotatable bonds is 4. The summed E-state index contributed by atoms with van der Waals surface area (Å²) in [7, 11) is 0. The first-order valence-electron chi connectivity index (χ1n) is 11.1. The Morgan fingerprint density at radius 2 is 1.69 bits per heavy atom. The average molecular weight is 517 g/mol. The maximum atomic E-state index is 12.5. The van der Waals surface area contributed by atoms with Crippen LogP contribution in [0.2, 0.25) is 10.0 Å². The van der Waals surface area contributed by atoms with Crippen molar-refractivity contribution in [1.29, 1.82) is 0 Å². The van der Waals surface area contributed by atoms with Crippen molar-refractivity contribution < 1.29 is 19.4 Å². The first-order chi connectivity index (χ1) is 16.5. The largest absolute Gasteiger partial charge is 0.478 e. The van der Waals surface area contributed by atoms with Gasteiger partial charge in [0.1, 0.15) is 5.60 Å². The summed E-state index contributed by atoms with van der Waals surface area (Å²) in [6.07, 6.45) is 1.41. The van der Waals surface area contributed by atoms with Crippen molar-refractivity contribution in [2.24, 2.45) is 0 Å². The zero-order valence-electron chi connectivity index (χ0n) is 19.6. The lowest BCUT2D eigenvalue weighted by molar-refractivity contribution is 0.0240. The van der Waals surface area contributed by atoms with Crippen molar-refractivity contribution in [3.63, 3.8) is 0 Å². The van der Waals surface area contributed by atoms with Crippen molar-refractivity contribution in [1.82, 2.24) is 9.88 Å². The maximum absolute atomic E-state index is 12.5. The van der Waals surface area contributed by atoms with Crippen molar-refractivity contribution in [3.8, 4) is 0 Å². The SMILES string of the molecule is CC(C)(C)OC(=O)N1CCN(c2cnc3ccc(Cl)cc3c2Nc2ccc(Cl)cc2C(=O)O)CC1. The summed E-state index contributed by atoms with van der Waals surface area (Å²) >= 11 is 12.3. The van der Waals surface area contributed by atoms with Gasteiger partial charge in [0.25, 0.3) is 0 Å². The number of pyridine rings is 1. The Labute approximate surface area is 213 Å². The Balaban J connectivity index is 1.69. The number of fused-ring (bicyclic) bond motifs is 1. The molecule has 4 rings (SSSR count). The molecule has 35 heavy (non-hydrogen) atoms. The molecule has 0 aliphatic carbocycles. The zero-order valence-corrected chi connectivity index (χ0v) is 21.2. The van der Waals surface area contributed by atoms with Gasteiger partial charge < -0.3 is 25.0 Å². The number of nitrogens with one attached hydrogen (secondary N) is 1. The summed E-state index contributed by atoms with van der Waals surface area (Å²) in [5, 5.41) is 14.6. The number of carbonyl (C=O) groups is 2. The molecule has 3 aromatic rings. The summed E-state index contributed by atoms with van der Waals surface area (Å²) in [6, 6.07) is 10.0. The Hall–Kier alpha value is -3.23. The molecule has 2 aromatic carbocycles. The molecule has 0 unspecified atom stereocenters. The lowest BCUT2D eigenvalue weighted by atomic mass is 10.1. The summed E-state index contributed by atoms with van der Waals surface area (Å²) in [5.41, 5.74) is 2.03. The summed E-state index contributed by atoms with van der Waals surface area (Å²) < 4.78 is 5.50. The first kappa shape index (κ1) is 24.9. The van der Waals surface area contributed by atoms with Crippen LogP contribution in [0.1, 0.15) is 31.1 Å². The number of hydrogen-bond acceptors (Lipinski definition) is 6. The first-order valence-corrected chi connectivity index (χ1v) is 11.9. The number of piperazine rings is 1. The Kier molecular flexibility index (Phi) is 6.96. The quantitative estimate of drug-likeness (QED) is 0.436. The number of benzene rings is 2. The van der Waals surface area contributed by atoms with E-state index in [1.807, 2.05) is 26.8 Å². The Morgan fingerprint density at radius 3 is 2.34 bits per heavy atom. The van der Waals surface area contributed by atoms with E-state index in [2.05, 4.69) is 15.2 Å². The molecule has 0 spiro atoms. The van der Waals surface area contributed by atoms with Gasteiger partial charge in [-0.3, -0.25) is 4.98 Å². The molecule has 1 aliphatic heterocycles. The molecule has 184 valence electrons. The summed E-state index contributed by atoms with van der Waals surface area (Å²) in [4.78, 5) is 32.7. The molecule has 2 N–H and O–H groups in total. The van der Waals surface area contributed by atoms with Crippen LogP contribution in [0.4, 0.5) is 21.9 Å². The van der Waals surface area contributed by atoms with Gasteiger partial charge in [-0.15, -0.1) is 0 Å². The minimum Gasteiger partial charge on any atom is -0.478 e. The zero-order chi connectivity index (χ0) is 25.3. The highest BCUT2D eigenvalue weighted by molar-refractivity contribution is 6.32. The van der Waals surface area contributed by atoms with Crippen LogP contribution in [-0.4, -0.2) is 58.8 Å². The number of carbonyl (C=O) groups excluding carboxylic acids is 1. The number of carboxylic acid groups (broad SMARTS) is 1. The van der Waals surface area contributed by atoms with E-state index >= 15 is 0 Å². The minimum absolute atomic E-state index is 0.0465. The van der Waals surface area contributed by atoms with Crippen molar-refractivity contribution in [2.45, 2.75) is 26.4 Å². The van der Waals surface area contributed by atoms with Crippen LogP contribution >= 0.6 is 23.2 Å². The fourth-order valence-electron chi connectivity index (χ4n) is 3.92. The molecular weight excluding hydrogens is 491 g/mol. The van der Waals surface area contributed by atoms with Gasteiger partial charge in [0.15, 0.2) is 0 Å². The molecular formula is C25H26Cl2N4O4. The van der Waals surface area contributed by atoms with Crippen molar-refractivity contribution in [2.75, 3.05) is 36.4 Å². The second-order valence-electron chi connectivity index (χ2n) is 9.25. The molecule has 0 saturated carbocycles. The Bertz CT molecular complexity index is 1280. The van der Waals surface area contributed by atoms with Gasteiger partial charge in [-0.25, -0.2) is 9.59 Å². The molecule has 10 heteroatoms. The molecule has 0 atom stereocenters. The van der Waals surface area contributed by atoms with Gasteiger partial charge in [0.05, 0.1) is 34.3 Å². The van der Waals surface area contributed by atoms with E-state index in [-0.39, 0.29) is 11.7 Å². The number of amides is 1. The van der Waals surface area contributed by atoms with Gasteiger partial charge in [0, 0.05) is 41.6 Å². The highest BCUT2D eigenvalue weighted by Crippen LogP contribution is 2.38. The van der Waals surface area contributed by atoms with Gasteiger partial charge in [-0.2, -0.15) is 0 Å². The second kappa shape index (κ2) is 9.79. The van der Waals surface area contributed by atoms with Gasteiger partial charge in [-0.1, -0.05) is 23.2 Å². The lowest BCUT2D eigenvalue weighted by Gasteiger charge is -2.37. The van der Waals surface area contributed by atoms with E-state index in [0.717, 1.165) is 11.1 Å². The molecule has 1 aromatic heterocycles. The predicted octanol–water partition coefficient (Wildman–Crippen LogP) is 6.04.